The average Bonchev–Trinajstić information content (AvgIpc) is 2.53. The van der Waals surface area contributed by atoms with E-state index in [-0.39, 0.29) is 5.57 Å². The first-order chi connectivity index (χ1) is 10.6. The van der Waals surface area contributed by atoms with Crippen LogP contribution in [0.4, 0.5) is 0 Å². The van der Waals surface area contributed by atoms with Crippen molar-refractivity contribution >= 4 is 35.2 Å². The van der Waals surface area contributed by atoms with E-state index in [1.165, 1.54) is 6.08 Å². The van der Waals surface area contributed by atoms with Crippen LogP contribution in [0.2, 0.25) is 10.0 Å². The third-order valence-electron chi connectivity index (χ3n) is 2.83. The maximum atomic E-state index is 12.0. The minimum atomic E-state index is -0.467. The lowest BCUT2D eigenvalue weighted by molar-refractivity contribution is -0.117. The molecule has 0 atom stereocenters. The number of rotatable bonds is 4. The maximum Gasteiger partial charge on any atom is 0.262 e. The summed E-state index contributed by atoms with van der Waals surface area (Å²) in [6.45, 7) is 0.314. The number of nitriles is 1. The first kappa shape index (κ1) is 16.0. The molecular weight excluding hydrogens is 321 g/mol. The molecule has 0 unspecified atom stereocenters. The molecule has 0 spiro atoms. The van der Waals surface area contributed by atoms with E-state index in [0.29, 0.717) is 22.2 Å². The summed E-state index contributed by atoms with van der Waals surface area (Å²) in [5, 5.41) is 12.7. The van der Waals surface area contributed by atoms with Crippen LogP contribution in [0.1, 0.15) is 11.1 Å². The zero-order valence-corrected chi connectivity index (χ0v) is 12.9. The van der Waals surface area contributed by atoms with Crippen LogP contribution in [0, 0.1) is 11.3 Å². The molecule has 0 radical (unpaired) electrons. The summed E-state index contributed by atoms with van der Waals surface area (Å²) in [6.07, 6.45) is 4.70. The van der Waals surface area contributed by atoms with Crippen molar-refractivity contribution in [1.29, 1.82) is 5.26 Å². The van der Waals surface area contributed by atoms with Gasteiger partial charge in [0.15, 0.2) is 0 Å². The van der Waals surface area contributed by atoms with Gasteiger partial charge in [0.1, 0.15) is 11.6 Å². The highest BCUT2D eigenvalue weighted by molar-refractivity contribution is 6.35. The number of carbonyl (C=O) groups is 1. The molecule has 0 bridgehead atoms. The third-order valence-corrected chi connectivity index (χ3v) is 3.39. The quantitative estimate of drug-likeness (QED) is 0.687. The number of aromatic nitrogens is 1. The fourth-order valence-corrected chi connectivity index (χ4v) is 2.16. The zero-order chi connectivity index (χ0) is 15.9. The number of nitrogens with zero attached hydrogens (tertiary/aromatic N) is 2. The van der Waals surface area contributed by atoms with E-state index in [0.717, 1.165) is 5.56 Å². The molecule has 2 aromatic rings. The van der Waals surface area contributed by atoms with Crippen molar-refractivity contribution < 1.29 is 4.79 Å². The molecule has 110 valence electrons. The van der Waals surface area contributed by atoms with Gasteiger partial charge in [-0.1, -0.05) is 29.3 Å². The fourth-order valence-electron chi connectivity index (χ4n) is 1.70. The Hall–Kier alpha value is -2.35. The molecule has 6 heteroatoms. The summed E-state index contributed by atoms with van der Waals surface area (Å²) in [7, 11) is 0. The van der Waals surface area contributed by atoms with E-state index < -0.39 is 5.91 Å². The first-order valence-electron chi connectivity index (χ1n) is 6.34. The highest BCUT2D eigenvalue weighted by Crippen LogP contribution is 2.23. The first-order valence-corrected chi connectivity index (χ1v) is 7.09. The van der Waals surface area contributed by atoms with Crippen molar-refractivity contribution in [3.05, 3.63) is 69.5 Å². The second kappa shape index (κ2) is 7.60. The summed E-state index contributed by atoms with van der Waals surface area (Å²) in [4.78, 5) is 15.9. The monoisotopic (exact) mass is 331 g/mol. The van der Waals surface area contributed by atoms with E-state index >= 15 is 0 Å². The second-order valence-corrected chi connectivity index (χ2v) is 5.22. The molecule has 1 amide bonds. The summed E-state index contributed by atoms with van der Waals surface area (Å²) in [5.74, 6) is -0.467. The molecule has 1 aromatic heterocycles. The van der Waals surface area contributed by atoms with Crippen LogP contribution in [-0.4, -0.2) is 10.9 Å². The van der Waals surface area contributed by atoms with Gasteiger partial charge in [-0.05, 0) is 41.5 Å². The van der Waals surface area contributed by atoms with Crippen molar-refractivity contribution in [2.45, 2.75) is 6.54 Å². The zero-order valence-electron chi connectivity index (χ0n) is 11.4. The van der Waals surface area contributed by atoms with Crippen LogP contribution in [0.25, 0.3) is 6.08 Å². The Balaban J connectivity index is 2.12. The summed E-state index contributed by atoms with van der Waals surface area (Å²) >= 11 is 11.8. The SMILES string of the molecule is N#C/C(=C\c1ccc(Cl)cc1Cl)C(=O)NCc1ccncc1. The highest BCUT2D eigenvalue weighted by atomic mass is 35.5. The van der Waals surface area contributed by atoms with Crippen LogP contribution in [0.15, 0.2) is 48.3 Å². The van der Waals surface area contributed by atoms with Crippen LogP contribution in [-0.2, 0) is 11.3 Å². The topological polar surface area (TPSA) is 65.8 Å². The average molecular weight is 332 g/mol. The Bertz CT molecular complexity index is 752. The molecule has 0 aliphatic carbocycles. The number of benzene rings is 1. The third kappa shape index (κ3) is 4.32. The van der Waals surface area contributed by atoms with Gasteiger partial charge in [-0.15, -0.1) is 0 Å². The molecule has 0 saturated heterocycles. The van der Waals surface area contributed by atoms with Gasteiger partial charge in [0.25, 0.3) is 5.91 Å². The predicted molar refractivity (Wildman–Crippen MR) is 86.1 cm³/mol. The Labute approximate surface area is 138 Å². The molecule has 1 N–H and O–H groups in total. The van der Waals surface area contributed by atoms with Gasteiger partial charge in [-0.2, -0.15) is 5.26 Å². The van der Waals surface area contributed by atoms with Gasteiger partial charge < -0.3 is 5.32 Å². The molecule has 1 aromatic carbocycles. The fraction of sp³-hybridized carbons (Fsp3) is 0.0625. The normalized spacial score (nSPS) is 10.9. The Kier molecular flexibility index (Phi) is 5.54. The largest absolute Gasteiger partial charge is 0.347 e. The molecule has 0 aliphatic heterocycles. The van der Waals surface area contributed by atoms with Gasteiger partial charge in [-0.25, -0.2) is 0 Å². The number of amides is 1. The molecular formula is C16H11Cl2N3O. The number of hydrogen-bond donors (Lipinski definition) is 1. The number of hydrogen-bond acceptors (Lipinski definition) is 3. The lowest BCUT2D eigenvalue weighted by Gasteiger charge is -2.05. The number of pyridine rings is 1. The van der Waals surface area contributed by atoms with Crippen LogP contribution in [0.3, 0.4) is 0 Å². The summed E-state index contributed by atoms with van der Waals surface area (Å²) in [6, 6.07) is 10.3. The number of halogens is 2. The lowest BCUT2D eigenvalue weighted by Crippen LogP contribution is -2.23. The van der Waals surface area contributed by atoms with E-state index in [9.17, 15) is 4.79 Å². The molecule has 0 saturated carbocycles. The minimum Gasteiger partial charge on any atom is -0.347 e. The Morgan fingerprint density at radius 2 is 2.00 bits per heavy atom. The van der Waals surface area contributed by atoms with Gasteiger partial charge in [0.2, 0.25) is 0 Å². The van der Waals surface area contributed by atoms with Crippen LogP contribution >= 0.6 is 23.2 Å². The van der Waals surface area contributed by atoms with Gasteiger partial charge in [0.05, 0.1) is 0 Å². The van der Waals surface area contributed by atoms with E-state index in [1.807, 2.05) is 6.07 Å². The van der Waals surface area contributed by atoms with Gasteiger partial charge in [0, 0.05) is 29.0 Å². The van der Waals surface area contributed by atoms with Crippen molar-refractivity contribution in [1.82, 2.24) is 10.3 Å². The maximum absolute atomic E-state index is 12.0. The minimum absolute atomic E-state index is 0.0294. The second-order valence-electron chi connectivity index (χ2n) is 4.37. The predicted octanol–water partition coefficient (Wildman–Crippen LogP) is 3.61. The Morgan fingerprint density at radius 3 is 2.64 bits per heavy atom. The number of nitrogens with one attached hydrogen (secondary N) is 1. The molecule has 0 aliphatic rings. The highest BCUT2D eigenvalue weighted by Gasteiger charge is 2.10. The molecule has 0 fully saturated rings. The van der Waals surface area contributed by atoms with Crippen molar-refractivity contribution in [3.8, 4) is 6.07 Å². The molecule has 1 heterocycles. The van der Waals surface area contributed by atoms with Crippen LogP contribution in [0.5, 0.6) is 0 Å². The van der Waals surface area contributed by atoms with E-state index in [1.54, 1.807) is 42.7 Å². The smallest absolute Gasteiger partial charge is 0.262 e. The molecule has 22 heavy (non-hydrogen) atoms. The standard InChI is InChI=1S/C16H11Cl2N3O/c17-14-2-1-12(15(18)8-14)7-13(9-19)16(22)21-10-11-3-5-20-6-4-11/h1-8H,10H2,(H,21,22)/b13-7+. The van der Waals surface area contributed by atoms with E-state index in [2.05, 4.69) is 10.3 Å². The number of carbonyl (C=O) groups excluding carboxylic acids is 1. The van der Waals surface area contributed by atoms with Gasteiger partial charge in [-0.3, -0.25) is 9.78 Å². The summed E-state index contributed by atoms with van der Waals surface area (Å²) < 4.78 is 0. The van der Waals surface area contributed by atoms with Crippen molar-refractivity contribution in [3.63, 3.8) is 0 Å². The Morgan fingerprint density at radius 1 is 1.27 bits per heavy atom. The summed E-state index contributed by atoms with van der Waals surface area (Å²) in [5.41, 5.74) is 1.42. The van der Waals surface area contributed by atoms with Crippen molar-refractivity contribution in [2.24, 2.45) is 0 Å². The molecule has 4 nitrogen and oxygen atoms in total. The van der Waals surface area contributed by atoms with Crippen LogP contribution < -0.4 is 5.32 Å². The lowest BCUT2D eigenvalue weighted by atomic mass is 10.1. The van der Waals surface area contributed by atoms with Gasteiger partial charge >= 0.3 is 0 Å². The van der Waals surface area contributed by atoms with Crippen molar-refractivity contribution in [2.75, 3.05) is 0 Å². The molecule has 2 rings (SSSR count). The van der Waals surface area contributed by atoms with E-state index in [4.69, 9.17) is 28.5 Å².